The highest BCUT2D eigenvalue weighted by molar-refractivity contribution is 7.09. The first kappa shape index (κ1) is 25.4. The van der Waals surface area contributed by atoms with Crippen molar-refractivity contribution in [2.75, 3.05) is 26.8 Å². The Morgan fingerprint density at radius 1 is 0.941 bits per heavy atom. The van der Waals surface area contributed by atoms with Crippen molar-refractivity contribution in [1.29, 1.82) is 0 Å². The lowest BCUT2D eigenvalue weighted by atomic mass is 10.2. The maximum absolute atomic E-state index is 13.4. The molecule has 0 unspecified atom stereocenters. The molecule has 6 nitrogen and oxygen atoms in total. The van der Waals surface area contributed by atoms with Gasteiger partial charge in [-0.25, -0.2) is 9.18 Å². The van der Waals surface area contributed by atoms with Crippen molar-refractivity contribution in [2.24, 2.45) is 0 Å². The predicted molar refractivity (Wildman–Crippen MR) is 132 cm³/mol. The van der Waals surface area contributed by atoms with Crippen molar-refractivity contribution in [2.45, 2.75) is 26.1 Å². The highest BCUT2D eigenvalue weighted by atomic mass is 32.1. The van der Waals surface area contributed by atoms with E-state index in [0.717, 1.165) is 16.0 Å². The van der Waals surface area contributed by atoms with Crippen LogP contribution < -0.4 is 5.32 Å². The van der Waals surface area contributed by atoms with E-state index >= 15 is 0 Å². The summed E-state index contributed by atoms with van der Waals surface area (Å²) in [6, 6.07) is 19.4. The van der Waals surface area contributed by atoms with Crippen molar-refractivity contribution in [3.63, 3.8) is 0 Å². The number of amides is 3. The molecule has 3 rings (SSSR count). The van der Waals surface area contributed by atoms with Gasteiger partial charge in [0, 0.05) is 38.2 Å². The van der Waals surface area contributed by atoms with E-state index in [1.54, 1.807) is 35.5 Å². The second-order valence-electron chi connectivity index (χ2n) is 7.87. The Morgan fingerprint density at radius 2 is 1.71 bits per heavy atom. The number of thiophene rings is 1. The average Bonchev–Trinajstić information content (AvgIpc) is 3.37. The standard InChI is InChI=1S/C26H30FN3O3S/c1-33-15-6-14-29(26(32)28-17-21-7-3-2-4-8-21)20-25(31)30(19-24-9-5-16-34-24)18-22-10-12-23(27)13-11-22/h2-5,7-13,16H,6,14-15,17-20H2,1H3,(H,28,32). The summed E-state index contributed by atoms with van der Waals surface area (Å²) < 4.78 is 18.5. The van der Waals surface area contributed by atoms with Gasteiger partial charge in [-0.1, -0.05) is 48.5 Å². The van der Waals surface area contributed by atoms with E-state index in [4.69, 9.17) is 4.74 Å². The first-order valence-electron chi connectivity index (χ1n) is 11.2. The number of methoxy groups -OCH3 is 1. The van der Waals surface area contributed by atoms with Gasteiger partial charge in [0.15, 0.2) is 0 Å². The van der Waals surface area contributed by atoms with E-state index in [-0.39, 0.29) is 24.3 Å². The van der Waals surface area contributed by atoms with Gasteiger partial charge < -0.3 is 19.9 Å². The first-order valence-corrected chi connectivity index (χ1v) is 12.0. The summed E-state index contributed by atoms with van der Waals surface area (Å²) in [6.45, 7) is 1.95. The summed E-state index contributed by atoms with van der Waals surface area (Å²) in [5, 5.41) is 4.87. The van der Waals surface area contributed by atoms with Crippen molar-refractivity contribution in [3.05, 3.63) is 93.9 Å². The minimum atomic E-state index is -0.320. The number of hydrogen-bond donors (Lipinski definition) is 1. The Balaban J connectivity index is 1.69. The molecule has 0 aliphatic carbocycles. The SMILES string of the molecule is COCCCN(CC(=O)N(Cc1ccc(F)cc1)Cc1cccs1)C(=O)NCc1ccccc1. The summed E-state index contributed by atoms with van der Waals surface area (Å²) in [7, 11) is 1.61. The first-order chi connectivity index (χ1) is 16.5. The van der Waals surface area contributed by atoms with E-state index in [1.807, 2.05) is 47.8 Å². The normalized spacial score (nSPS) is 10.6. The van der Waals surface area contributed by atoms with E-state index in [0.29, 0.717) is 39.2 Å². The molecule has 0 spiro atoms. The zero-order valence-electron chi connectivity index (χ0n) is 19.3. The highest BCUT2D eigenvalue weighted by Gasteiger charge is 2.22. The van der Waals surface area contributed by atoms with Gasteiger partial charge in [-0.15, -0.1) is 11.3 Å². The largest absolute Gasteiger partial charge is 0.385 e. The Kier molecular flexibility index (Phi) is 10.1. The molecule has 8 heteroatoms. The summed E-state index contributed by atoms with van der Waals surface area (Å²) in [4.78, 5) is 30.6. The molecule has 1 heterocycles. The van der Waals surface area contributed by atoms with Crippen molar-refractivity contribution >= 4 is 23.3 Å². The zero-order valence-corrected chi connectivity index (χ0v) is 20.1. The Hall–Kier alpha value is -3.23. The number of nitrogens with one attached hydrogen (secondary N) is 1. The number of urea groups is 1. The molecule has 3 amide bonds. The van der Waals surface area contributed by atoms with Gasteiger partial charge in [-0.2, -0.15) is 0 Å². The van der Waals surface area contributed by atoms with Crippen molar-refractivity contribution in [1.82, 2.24) is 15.1 Å². The molecule has 0 aliphatic rings. The number of carbonyl (C=O) groups is 2. The van der Waals surface area contributed by atoms with Crippen LogP contribution in [0.3, 0.4) is 0 Å². The monoisotopic (exact) mass is 483 g/mol. The van der Waals surface area contributed by atoms with Crippen LogP contribution in [0.25, 0.3) is 0 Å². The number of hydrogen-bond acceptors (Lipinski definition) is 4. The Morgan fingerprint density at radius 3 is 2.38 bits per heavy atom. The summed E-state index contributed by atoms with van der Waals surface area (Å²) >= 11 is 1.57. The second-order valence-corrected chi connectivity index (χ2v) is 8.90. The van der Waals surface area contributed by atoms with Gasteiger partial charge in [0.2, 0.25) is 5.91 Å². The maximum atomic E-state index is 13.4. The van der Waals surface area contributed by atoms with Crippen LogP contribution in [0.2, 0.25) is 0 Å². The maximum Gasteiger partial charge on any atom is 0.318 e. The number of benzene rings is 2. The molecule has 34 heavy (non-hydrogen) atoms. The van der Waals surface area contributed by atoms with Crippen LogP contribution in [0.4, 0.5) is 9.18 Å². The van der Waals surface area contributed by atoms with Gasteiger partial charge in [0.1, 0.15) is 12.4 Å². The zero-order chi connectivity index (χ0) is 24.2. The average molecular weight is 484 g/mol. The minimum absolute atomic E-state index is 0.0586. The van der Waals surface area contributed by atoms with Crippen LogP contribution in [-0.2, 0) is 29.2 Å². The van der Waals surface area contributed by atoms with Crippen LogP contribution in [0.15, 0.2) is 72.1 Å². The Bertz CT molecular complexity index is 1010. The fraction of sp³-hybridized carbons (Fsp3) is 0.308. The lowest BCUT2D eigenvalue weighted by molar-refractivity contribution is -0.133. The number of halogens is 1. The third-order valence-electron chi connectivity index (χ3n) is 5.24. The van der Waals surface area contributed by atoms with Crippen LogP contribution in [0.1, 0.15) is 22.4 Å². The second kappa shape index (κ2) is 13.5. The van der Waals surface area contributed by atoms with Crippen molar-refractivity contribution in [3.8, 4) is 0 Å². The molecular weight excluding hydrogens is 453 g/mol. The minimum Gasteiger partial charge on any atom is -0.385 e. The van der Waals surface area contributed by atoms with Crippen LogP contribution >= 0.6 is 11.3 Å². The Labute approximate surface area is 204 Å². The third-order valence-corrected chi connectivity index (χ3v) is 6.10. The summed E-state index contributed by atoms with van der Waals surface area (Å²) in [6.07, 6.45) is 0.616. The van der Waals surface area contributed by atoms with E-state index in [9.17, 15) is 14.0 Å². The van der Waals surface area contributed by atoms with Crippen molar-refractivity contribution < 1.29 is 18.7 Å². The van der Waals surface area contributed by atoms with E-state index in [1.165, 1.54) is 17.0 Å². The molecule has 0 saturated carbocycles. The lowest BCUT2D eigenvalue weighted by Gasteiger charge is -2.28. The predicted octanol–water partition coefficient (Wildman–Crippen LogP) is 4.66. The molecule has 0 fully saturated rings. The molecule has 0 radical (unpaired) electrons. The third kappa shape index (κ3) is 8.28. The van der Waals surface area contributed by atoms with Gasteiger partial charge in [0.05, 0.1) is 6.54 Å². The summed E-state index contributed by atoms with van der Waals surface area (Å²) in [5.74, 6) is -0.496. The van der Waals surface area contributed by atoms with Crippen LogP contribution in [0, 0.1) is 5.82 Å². The van der Waals surface area contributed by atoms with Gasteiger partial charge in [0.25, 0.3) is 0 Å². The number of rotatable bonds is 12. The quantitative estimate of drug-likeness (QED) is 0.381. The smallest absolute Gasteiger partial charge is 0.318 e. The highest BCUT2D eigenvalue weighted by Crippen LogP contribution is 2.16. The van der Waals surface area contributed by atoms with Gasteiger partial charge in [-0.3, -0.25) is 4.79 Å². The molecular formula is C26H30FN3O3S. The molecule has 1 N–H and O–H groups in total. The topological polar surface area (TPSA) is 61.9 Å². The fourth-order valence-electron chi connectivity index (χ4n) is 3.43. The molecule has 0 saturated heterocycles. The van der Waals surface area contributed by atoms with Crippen LogP contribution in [-0.4, -0.2) is 48.5 Å². The number of carbonyl (C=O) groups excluding carboxylic acids is 2. The number of ether oxygens (including phenoxy) is 1. The van der Waals surface area contributed by atoms with Crippen LogP contribution in [0.5, 0.6) is 0 Å². The van der Waals surface area contributed by atoms with E-state index < -0.39 is 0 Å². The molecule has 180 valence electrons. The van der Waals surface area contributed by atoms with E-state index in [2.05, 4.69) is 5.32 Å². The summed E-state index contributed by atoms with van der Waals surface area (Å²) in [5.41, 5.74) is 1.81. The fourth-order valence-corrected chi connectivity index (χ4v) is 4.15. The molecule has 1 aromatic heterocycles. The molecule has 0 aliphatic heterocycles. The molecule has 0 atom stereocenters. The van der Waals surface area contributed by atoms with Gasteiger partial charge in [-0.05, 0) is 41.1 Å². The lowest BCUT2D eigenvalue weighted by Crippen LogP contribution is -2.46. The molecule has 0 bridgehead atoms. The van der Waals surface area contributed by atoms with Gasteiger partial charge >= 0.3 is 6.03 Å². The molecule has 2 aromatic carbocycles. The molecule has 3 aromatic rings. The number of nitrogens with zero attached hydrogens (tertiary/aromatic N) is 2.